The van der Waals surface area contributed by atoms with Crippen LogP contribution in [0.25, 0.3) is 0 Å². The zero-order valence-electron chi connectivity index (χ0n) is 11.2. The van der Waals surface area contributed by atoms with Gasteiger partial charge in [-0.1, -0.05) is 37.3 Å². The number of anilines is 1. The predicted octanol–water partition coefficient (Wildman–Crippen LogP) is 4.12. The van der Waals surface area contributed by atoms with E-state index in [0.717, 1.165) is 17.7 Å². The van der Waals surface area contributed by atoms with Crippen molar-refractivity contribution in [2.45, 2.75) is 18.2 Å². The first-order valence-corrected chi connectivity index (χ1v) is 7.44. The summed E-state index contributed by atoms with van der Waals surface area (Å²) in [4.78, 5) is 12.4. The molecule has 2 aromatic carbocycles. The first-order valence-electron chi connectivity index (χ1n) is 6.45. The summed E-state index contributed by atoms with van der Waals surface area (Å²) in [7, 11) is 0. The lowest BCUT2D eigenvalue weighted by molar-refractivity contribution is -0.113. The first-order chi connectivity index (χ1) is 9.70. The van der Waals surface area contributed by atoms with Crippen LogP contribution in [0.3, 0.4) is 0 Å². The van der Waals surface area contributed by atoms with E-state index in [-0.39, 0.29) is 17.5 Å². The Morgan fingerprint density at radius 1 is 1.15 bits per heavy atom. The monoisotopic (exact) mass is 289 g/mol. The zero-order chi connectivity index (χ0) is 14.4. The molecule has 0 saturated carbocycles. The van der Waals surface area contributed by atoms with Crippen molar-refractivity contribution in [2.75, 3.05) is 11.1 Å². The van der Waals surface area contributed by atoms with Gasteiger partial charge in [-0.25, -0.2) is 4.39 Å². The molecule has 4 heteroatoms. The van der Waals surface area contributed by atoms with E-state index in [1.54, 1.807) is 18.2 Å². The van der Waals surface area contributed by atoms with Gasteiger partial charge in [0.25, 0.3) is 0 Å². The topological polar surface area (TPSA) is 29.1 Å². The average Bonchev–Trinajstić information content (AvgIpc) is 2.47. The van der Waals surface area contributed by atoms with Gasteiger partial charge in [-0.05, 0) is 30.2 Å². The van der Waals surface area contributed by atoms with Crippen molar-refractivity contribution in [1.82, 2.24) is 0 Å². The molecule has 0 atom stereocenters. The summed E-state index contributed by atoms with van der Waals surface area (Å²) in [6.45, 7) is 2.04. The summed E-state index contributed by atoms with van der Waals surface area (Å²) < 4.78 is 13.4. The molecule has 0 fully saturated rings. The average molecular weight is 289 g/mol. The van der Waals surface area contributed by atoms with Gasteiger partial charge in [0.15, 0.2) is 0 Å². The molecule has 20 heavy (non-hydrogen) atoms. The van der Waals surface area contributed by atoms with Crippen LogP contribution < -0.4 is 5.32 Å². The number of benzene rings is 2. The predicted molar refractivity (Wildman–Crippen MR) is 81.6 cm³/mol. The Balaban J connectivity index is 1.95. The largest absolute Gasteiger partial charge is 0.325 e. The third kappa shape index (κ3) is 3.84. The van der Waals surface area contributed by atoms with Gasteiger partial charge in [0.2, 0.25) is 5.91 Å². The van der Waals surface area contributed by atoms with E-state index in [1.165, 1.54) is 17.8 Å². The molecular weight excluding hydrogens is 273 g/mol. The Bertz CT molecular complexity index is 601. The molecule has 0 heterocycles. The van der Waals surface area contributed by atoms with Crippen molar-refractivity contribution in [3.63, 3.8) is 0 Å². The molecule has 1 amide bonds. The minimum absolute atomic E-state index is 0.126. The smallest absolute Gasteiger partial charge is 0.234 e. The van der Waals surface area contributed by atoms with Gasteiger partial charge in [0.05, 0.1) is 5.75 Å². The van der Waals surface area contributed by atoms with Gasteiger partial charge in [-0.3, -0.25) is 4.79 Å². The maximum absolute atomic E-state index is 13.4. The van der Waals surface area contributed by atoms with Gasteiger partial charge < -0.3 is 5.32 Å². The summed E-state index contributed by atoms with van der Waals surface area (Å²) in [6.07, 6.45) is 0.858. The number of rotatable bonds is 5. The molecule has 0 aliphatic rings. The van der Waals surface area contributed by atoms with E-state index in [1.807, 2.05) is 31.2 Å². The number of nitrogens with one attached hydrogen (secondary N) is 1. The summed E-state index contributed by atoms with van der Waals surface area (Å²) >= 11 is 1.20. The molecule has 0 bridgehead atoms. The maximum atomic E-state index is 13.4. The van der Waals surface area contributed by atoms with Crippen molar-refractivity contribution >= 4 is 23.4 Å². The Morgan fingerprint density at radius 3 is 2.60 bits per heavy atom. The van der Waals surface area contributed by atoms with E-state index in [0.29, 0.717) is 4.90 Å². The molecule has 0 radical (unpaired) electrons. The lowest BCUT2D eigenvalue weighted by Crippen LogP contribution is -2.15. The summed E-state index contributed by atoms with van der Waals surface area (Å²) in [5.74, 6) is -0.225. The van der Waals surface area contributed by atoms with Gasteiger partial charge in [-0.15, -0.1) is 11.8 Å². The lowest BCUT2D eigenvalue weighted by atomic mass is 10.1. The van der Waals surface area contributed by atoms with Crippen molar-refractivity contribution in [1.29, 1.82) is 0 Å². The lowest BCUT2D eigenvalue weighted by Gasteiger charge is -2.09. The Hall–Kier alpha value is -1.81. The number of halogens is 1. The summed E-state index contributed by atoms with van der Waals surface area (Å²) in [5.41, 5.74) is 1.92. The quantitative estimate of drug-likeness (QED) is 0.839. The number of carbonyl (C=O) groups excluding carboxylic acids is 1. The number of hydrogen-bond donors (Lipinski definition) is 1. The van der Waals surface area contributed by atoms with Crippen LogP contribution in [-0.4, -0.2) is 11.7 Å². The van der Waals surface area contributed by atoms with Crippen LogP contribution in [-0.2, 0) is 11.2 Å². The van der Waals surface area contributed by atoms with Crippen molar-refractivity contribution in [3.05, 3.63) is 59.9 Å². The molecule has 2 aromatic rings. The molecule has 0 spiro atoms. The summed E-state index contributed by atoms with van der Waals surface area (Å²) in [5, 5.41) is 2.87. The highest BCUT2D eigenvalue weighted by Crippen LogP contribution is 2.22. The van der Waals surface area contributed by atoms with E-state index < -0.39 is 0 Å². The van der Waals surface area contributed by atoms with Crippen molar-refractivity contribution < 1.29 is 9.18 Å². The second-order valence-electron chi connectivity index (χ2n) is 4.28. The third-order valence-electron chi connectivity index (χ3n) is 2.87. The van der Waals surface area contributed by atoms with Gasteiger partial charge >= 0.3 is 0 Å². The van der Waals surface area contributed by atoms with Crippen LogP contribution in [0.2, 0.25) is 0 Å². The normalized spacial score (nSPS) is 10.3. The second kappa shape index (κ2) is 7.10. The third-order valence-corrected chi connectivity index (χ3v) is 3.92. The number of para-hydroxylation sites is 1. The van der Waals surface area contributed by atoms with E-state index in [2.05, 4.69) is 5.32 Å². The highest BCUT2D eigenvalue weighted by atomic mass is 32.2. The summed E-state index contributed by atoms with van der Waals surface area (Å²) in [6, 6.07) is 14.2. The number of carbonyl (C=O) groups is 1. The SMILES string of the molecule is CCc1ccccc1NC(=O)CSc1ccccc1F. The molecule has 0 aliphatic heterocycles. The number of aryl methyl sites for hydroxylation is 1. The van der Waals surface area contributed by atoms with Crippen molar-refractivity contribution in [2.24, 2.45) is 0 Å². The second-order valence-corrected chi connectivity index (χ2v) is 5.30. The first kappa shape index (κ1) is 14.6. The van der Waals surface area contributed by atoms with Crippen molar-refractivity contribution in [3.8, 4) is 0 Å². The fourth-order valence-electron chi connectivity index (χ4n) is 1.84. The molecule has 0 aromatic heterocycles. The number of amides is 1. The van der Waals surface area contributed by atoms with Crippen LogP contribution >= 0.6 is 11.8 Å². The van der Waals surface area contributed by atoms with Gasteiger partial charge in [0.1, 0.15) is 5.82 Å². The Morgan fingerprint density at radius 2 is 1.85 bits per heavy atom. The van der Waals surface area contributed by atoms with Crippen LogP contribution in [0.4, 0.5) is 10.1 Å². The van der Waals surface area contributed by atoms with Crippen LogP contribution in [0.1, 0.15) is 12.5 Å². The molecule has 104 valence electrons. The molecular formula is C16H16FNOS. The fourth-order valence-corrected chi connectivity index (χ4v) is 2.58. The van der Waals surface area contributed by atoms with Crippen LogP contribution in [0.15, 0.2) is 53.4 Å². The minimum Gasteiger partial charge on any atom is -0.325 e. The van der Waals surface area contributed by atoms with E-state index >= 15 is 0 Å². The number of thioether (sulfide) groups is 1. The molecule has 2 rings (SSSR count). The Kier molecular flexibility index (Phi) is 5.18. The highest BCUT2D eigenvalue weighted by molar-refractivity contribution is 8.00. The molecule has 0 saturated heterocycles. The maximum Gasteiger partial charge on any atom is 0.234 e. The highest BCUT2D eigenvalue weighted by Gasteiger charge is 2.08. The van der Waals surface area contributed by atoms with Gasteiger partial charge in [0, 0.05) is 10.6 Å². The zero-order valence-corrected chi connectivity index (χ0v) is 12.0. The Labute approximate surface area is 122 Å². The molecule has 1 N–H and O–H groups in total. The fraction of sp³-hybridized carbons (Fsp3) is 0.188. The van der Waals surface area contributed by atoms with E-state index in [9.17, 15) is 9.18 Å². The van der Waals surface area contributed by atoms with E-state index in [4.69, 9.17) is 0 Å². The van der Waals surface area contributed by atoms with Gasteiger partial charge in [-0.2, -0.15) is 0 Å². The molecule has 0 unspecified atom stereocenters. The van der Waals surface area contributed by atoms with Crippen LogP contribution in [0.5, 0.6) is 0 Å². The molecule has 0 aliphatic carbocycles. The minimum atomic E-state index is -0.292. The number of hydrogen-bond acceptors (Lipinski definition) is 2. The van der Waals surface area contributed by atoms with Crippen LogP contribution in [0, 0.1) is 5.82 Å². The molecule has 2 nitrogen and oxygen atoms in total. The standard InChI is InChI=1S/C16H16FNOS/c1-2-12-7-3-5-9-14(12)18-16(19)11-20-15-10-6-4-8-13(15)17/h3-10H,2,11H2,1H3,(H,18,19).